The van der Waals surface area contributed by atoms with Gasteiger partial charge < -0.3 is 29.5 Å². The lowest BCUT2D eigenvalue weighted by molar-refractivity contribution is -0.396. The number of nitrogens with one attached hydrogen (secondary N) is 1. The van der Waals surface area contributed by atoms with Gasteiger partial charge in [-0.05, 0) is 35.6 Å². The van der Waals surface area contributed by atoms with Crippen molar-refractivity contribution in [2.45, 2.75) is 13.5 Å². The van der Waals surface area contributed by atoms with E-state index < -0.39 is 4.92 Å². The molecule has 0 aliphatic carbocycles. The highest BCUT2D eigenvalue weighted by molar-refractivity contribution is 5.95. The molecule has 11 heteroatoms. The molecule has 5 aromatic rings. The molecule has 0 bridgehead atoms. The van der Waals surface area contributed by atoms with Crippen LogP contribution in [0.2, 0.25) is 0 Å². The molecule has 0 saturated heterocycles. The Hall–Kier alpha value is -4.77. The first-order chi connectivity index (χ1) is 18.5. The van der Waals surface area contributed by atoms with Crippen LogP contribution in [0, 0.1) is 17.0 Å². The maximum Gasteiger partial charge on any atom is 0.434 e. The Morgan fingerprint density at radius 3 is 2.79 bits per heavy atom. The first-order valence-electron chi connectivity index (χ1n) is 12.1. The molecule has 3 aromatic heterocycles. The summed E-state index contributed by atoms with van der Waals surface area (Å²) in [5.41, 5.74) is 4.89. The Bertz CT molecular complexity index is 1580. The second-order valence-corrected chi connectivity index (χ2v) is 8.68. The number of anilines is 2. The van der Waals surface area contributed by atoms with Crippen LogP contribution in [-0.4, -0.2) is 48.8 Å². The number of benzene rings is 2. The minimum Gasteiger partial charge on any atom is -0.491 e. The first kappa shape index (κ1) is 24.9. The topological polar surface area (TPSA) is 122 Å². The molecule has 11 nitrogen and oxygen atoms in total. The first-order valence-corrected chi connectivity index (χ1v) is 12.1. The predicted molar refractivity (Wildman–Crippen MR) is 144 cm³/mol. The van der Waals surface area contributed by atoms with E-state index in [1.807, 2.05) is 50.4 Å². The largest absolute Gasteiger partial charge is 0.491 e. The molecule has 38 heavy (non-hydrogen) atoms. The van der Waals surface area contributed by atoms with Gasteiger partial charge in [-0.2, -0.15) is 0 Å². The van der Waals surface area contributed by atoms with Crippen LogP contribution in [0.1, 0.15) is 5.56 Å². The number of aromatic nitrogens is 5. The number of fused-ring (bicyclic) bond motifs is 1. The standard InChI is InChI=1S/C27H27N7O4/c1-19-7-8-20(38-16-15-37-14-13-33-12-11-29-27(33)34(35)36)17-24(19)31-26-28-10-9-23(30-26)22-18-32(2)25-6-4-3-5-21(22)25/h3-12,17-18H,13-16H2,1-2H3,(H,28,30,31). The van der Waals surface area contributed by atoms with Crippen molar-refractivity contribution in [3.63, 3.8) is 0 Å². The zero-order valence-electron chi connectivity index (χ0n) is 21.1. The van der Waals surface area contributed by atoms with E-state index in [0.717, 1.165) is 33.4 Å². The molecule has 0 aliphatic heterocycles. The van der Waals surface area contributed by atoms with E-state index in [1.54, 1.807) is 12.4 Å². The lowest BCUT2D eigenvalue weighted by atomic mass is 10.1. The summed E-state index contributed by atoms with van der Waals surface area (Å²) < 4.78 is 14.9. The Balaban J connectivity index is 1.19. The molecule has 0 saturated carbocycles. The number of nitrogens with zero attached hydrogens (tertiary/aromatic N) is 6. The highest BCUT2D eigenvalue weighted by Gasteiger charge is 2.13. The number of nitro groups is 1. The molecule has 194 valence electrons. The second kappa shape index (κ2) is 11.1. The molecule has 1 N–H and O–H groups in total. The Morgan fingerprint density at radius 2 is 1.92 bits per heavy atom. The van der Waals surface area contributed by atoms with E-state index >= 15 is 0 Å². The number of hydrogen-bond acceptors (Lipinski definition) is 8. The molecule has 0 atom stereocenters. The highest BCUT2D eigenvalue weighted by Crippen LogP contribution is 2.30. The van der Waals surface area contributed by atoms with Gasteiger partial charge in [0.2, 0.25) is 5.95 Å². The fourth-order valence-corrected chi connectivity index (χ4v) is 4.19. The third kappa shape index (κ3) is 5.47. The summed E-state index contributed by atoms with van der Waals surface area (Å²) in [6, 6.07) is 15.9. The van der Waals surface area contributed by atoms with Crippen molar-refractivity contribution in [1.82, 2.24) is 24.1 Å². The third-order valence-electron chi connectivity index (χ3n) is 6.11. The van der Waals surface area contributed by atoms with E-state index in [4.69, 9.17) is 14.5 Å². The van der Waals surface area contributed by atoms with Gasteiger partial charge in [0.25, 0.3) is 0 Å². The average molecular weight is 514 g/mol. The van der Waals surface area contributed by atoms with E-state index in [9.17, 15) is 10.1 Å². The minimum absolute atomic E-state index is 0.198. The van der Waals surface area contributed by atoms with Gasteiger partial charge in [-0.3, -0.25) is 0 Å². The second-order valence-electron chi connectivity index (χ2n) is 8.68. The smallest absolute Gasteiger partial charge is 0.434 e. The fraction of sp³-hybridized carbons (Fsp3) is 0.222. The molecule has 3 heterocycles. The van der Waals surface area contributed by atoms with Crippen molar-refractivity contribution in [1.29, 1.82) is 0 Å². The molecular formula is C27H27N7O4. The van der Waals surface area contributed by atoms with Crippen LogP contribution < -0.4 is 10.1 Å². The van der Waals surface area contributed by atoms with Crippen LogP contribution in [-0.2, 0) is 18.3 Å². The lowest BCUT2D eigenvalue weighted by Gasteiger charge is -2.12. The monoisotopic (exact) mass is 513 g/mol. The number of rotatable bonds is 11. The maximum atomic E-state index is 10.9. The van der Waals surface area contributed by atoms with Crippen molar-refractivity contribution in [2.75, 3.05) is 25.1 Å². The van der Waals surface area contributed by atoms with Crippen LogP contribution in [0.15, 0.2) is 73.3 Å². The Kier molecular flexibility index (Phi) is 7.27. The summed E-state index contributed by atoms with van der Waals surface area (Å²) in [6.07, 6.45) is 6.78. The van der Waals surface area contributed by atoms with Crippen molar-refractivity contribution in [3.05, 3.63) is 89.0 Å². The lowest BCUT2D eigenvalue weighted by Crippen LogP contribution is -2.12. The average Bonchev–Trinajstić information content (AvgIpc) is 3.53. The van der Waals surface area contributed by atoms with Crippen LogP contribution >= 0.6 is 0 Å². The number of ether oxygens (including phenoxy) is 2. The number of hydrogen-bond donors (Lipinski definition) is 1. The van der Waals surface area contributed by atoms with E-state index in [-0.39, 0.29) is 5.95 Å². The molecule has 0 spiro atoms. The van der Waals surface area contributed by atoms with Crippen LogP contribution in [0.4, 0.5) is 17.6 Å². The van der Waals surface area contributed by atoms with E-state index in [0.29, 0.717) is 38.1 Å². The molecule has 0 unspecified atom stereocenters. The molecule has 0 aliphatic rings. The normalized spacial score (nSPS) is 11.1. The van der Waals surface area contributed by atoms with Crippen molar-refractivity contribution in [3.8, 4) is 17.0 Å². The summed E-state index contributed by atoms with van der Waals surface area (Å²) in [4.78, 5) is 23.3. The quantitative estimate of drug-likeness (QED) is 0.151. The third-order valence-corrected chi connectivity index (χ3v) is 6.11. The van der Waals surface area contributed by atoms with Gasteiger partial charge in [0.1, 0.15) is 24.8 Å². The van der Waals surface area contributed by atoms with Crippen LogP contribution in [0.3, 0.4) is 0 Å². The summed E-state index contributed by atoms with van der Waals surface area (Å²) in [6.45, 7) is 3.33. The van der Waals surface area contributed by atoms with Gasteiger partial charge >= 0.3 is 5.95 Å². The van der Waals surface area contributed by atoms with Gasteiger partial charge in [0.05, 0.1) is 25.5 Å². The van der Waals surface area contributed by atoms with Gasteiger partial charge in [-0.15, -0.1) is 0 Å². The summed E-state index contributed by atoms with van der Waals surface area (Å²) >= 11 is 0. The van der Waals surface area contributed by atoms with E-state index in [2.05, 4.69) is 38.2 Å². The number of aryl methyl sites for hydroxylation is 2. The van der Waals surface area contributed by atoms with Gasteiger partial charge in [0, 0.05) is 47.7 Å². The fourth-order valence-electron chi connectivity index (χ4n) is 4.19. The van der Waals surface area contributed by atoms with Gasteiger partial charge in [0.15, 0.2) is 0 Å². The summed E-state index contributed by atoms with van der Waals surface area (Å²) in [7, 11) is 2.03. The molecule has 0 fully saturated rings. The SMILES string of the molecule is Cc1ccc(OCCOCCn2ccnc2[N+](=O)[O-])cc1Nc1nccc(-c2cn(C)c3ccccc23)n1. The molecule has 0 radical (unpaired) electrons. The maximum absolute atomic E-state index is 10.9. The molecule has 2 aromatic carbocycles. The molecule has 5 rings (SSSR count). The van der Waals surface area contributed by atoms with Gasteiger partial charge in [-0.1, -0.05) is 29.2 Å². The van der Waals surface area contributed by atoms with Crippen molar-refractivity contribution < 1.29 is 14.4 Å². The molecule has 0 amide bonds. The Labute approximate surface area is 218 Å². The minimum atomic E-state index is -0.517. The van der Waals surface area contributed by atoms with Crippen LogP contribution in [0.5, 0.6) is 5.75 Å². The number of imidazole rings is 1. The molecular weight excluding hydrogens is 486 g/mol. The van der Waals surface area contributed by atoms with Crippen molar-refractivity contribution >= 4 is 28.5 Å². The predicted octanol–water partition coefficient (Wildman–Crippen LogP) is 4.89. The van der Waals surface area contributed by atoms with Crippen LogP contribution in [0.25, 0.3) is 22.2 Å². The summed E-state index contributed by atoms with van der Waals surface area (Å²) in [5.74, 6) is 0.973. The highest BCUT2D eigenvalue weighted by atomic mass is 16.6. The van der Waals surface area contributed by atoms with Crippen molar-refractivity contribution in [2.24, 2.45) is 7.05 Å². The summed E-state index contributed by atoms with van der Waals surface area (Å²) in [5, 5.41) is 15.4. The Morgan fingerprint density at radius 1 is 1.05 bits per heavy atom. The van der Waals surface area contributed by atoms with Gasteiger partial charge in [-0.25, -0.2) is 14.5 Å². The zero-order chi connectivity index (χ0) is 26.5. The van der Waals surface area contributed by atoms with E-state index in [1.165, 1.54) is 10.8 Å². The zero-order valence-corrected chi connectivity index (χ0v) is 21.1. The number of para-hydroxylation sites is 1.